The van der Waals surface area contributed by atoms with E-state index in [1.807, 2.05) is 62.4 Å². The Morgan fingerprint density at radius 3 is 1.15 bits per heavy atom. The molecule has 2 aromatic carbocycles. The van der Waals surface area contributed by atoms with Gasteiger partial charge in [0.15, 0.2) is 0 Å². The molecule has 0 atom stereocenters. The number of hydrogen-bond acceptors (Lipinski definition) is 0. The summed E-state index contributed by atoms with van der Waals surface area (Å²) < 4.78 is 0. The van der Waals surface area contributed by atoms with Crippen molar-refractivity contribution in [2.45, 2.75) is 13.8 Å². The maximum atomic E-state index is 5.65. The third kappa shape index (κ3) is 10.6. The summed E-state index contributed by atoms with van der Waals surface area (Å²) >= 11 is 3.22. The summed E-state index contributed by atoms with van der Waals surface area (Å²) in [5.74, 6) is 0. The fourth-order valence-electron chi connectivity index (χ4n) is 2.00. The summed E-state index contributed by atoms with van der Waals surface area (Å²) in [5, 5.41) is 8.18. The standard InChI is InChI=1S/2C10H11N.2ClH.2Pt/c2*1-8(2)9-6-4-5-7-10(9)11-3;;;;/h2*1,4-7H,2-3H3;2*1H;;/q2*-2;;;2*+1/p-2. The Bertz CT molecular complexity index is 604. The third-order valence-corrected chi connectivity index (χ3v) is 3.14. The van der Waals surface area contributed by atoms with Crippen LogP contribution < -0.4 is 0 Å². The molecule has 0 saturated carbocycles. The molecule has 0 N–H and O–H groups in total. The van der Waals surface area contributed by atoms with Crippen molar-refractivity contribution in [2.75, 3.05) is 14.1 Å². The molecule has 0 amide bonds. The molecule has 6 heteroatoms. The molecule has 0 fully saturated rings. The maximum absolute atomic E-state index is 5.65. The summed E-state index contributed by atoms with van der Waals surface area (Å²) in [5.41, 5.74) is 5.57. The van der Waals surface area contributed by atoms with Crippen molar-refractivity contribution in [1.82, 2.24) is 0 Å². The molecule has 2 rings (SSSR count). The molecule has 150 valence electrons. The molecule has 0 unspecified atom stereocenters. The molecular formula is C20H22Cl2N2Pt2-4. The minimum atomic E-state index is 0.811. The van der Waals surface area contributed by atoms with Crippen molar-refractivity contribution in [3.63, 3.8) is 0 Å². The summed E-state index contributed by atoms with van der Waals surface area (Å²) in [7, 11) is 12.8. The second kappa shape index (κ2) is 17.9. The van der Waals surface area contributed by atoms with Gasteiger partial charge in [-0.25, -0.2) is 22.5 Å². The number of allylic oxidation sites excluding steroid dienone is 2. The van der Waals surface area contributed by atoms with Crippen LogP contribution in [0.15, 0.2) is 48.5 Å². The van der Waals surface area contributed by atoms with Gasteiger partial charge >= 0.3 is 56.4 Å². The zero-order valence-corrected chi connectivity index (χ0v) is 21.1. The van der Waals surface area contributed by atoms with Crippen LogP contribution in [0.1, 0.15) is 25.0 Å². The first-order valence-corrected chi connectivity index (χ1v) is 12.9. The molecule has 0 aliphatic carbocycles. The number of para-hydroxylation sites is 2. The van der Waals surface area contributed by atoms with E-state index in [0.29, 0.717) is 0 Å². The van der Waals surface area contributed by atoms with Gasteiger partial charge < -0.3 is 10.6 Å². The van der Waals surface area contributed by atoms with Gasteiger partial charge in [-0.15, -0.1) is 26.2 Å². The number of benzene rings is 2. The van der Waals surface area contributed by atoms with E-state index in [-0.39, 0.29) is 0 Å². The fourth-order valence-corrected chi connectivity index (χ4v) is 2.00. The van der Waals surface area contributed by atoms with E-state index in [9.17, 15) is 0 Å². The molecule has 26 heavy (non-hydrogen) atoms. The molecule has 0 saturated heterocycles. The first kappa shape index (κ1) is 27.7. The molecule has 2 nitrogen and oxygen atoms in total. The zero-order chi connectivity index (χ0) is 20.5. The Morgan fingerprint density at radius 1 is 0.692 bits per heavy atom. The van der Waals surface area contributed by atoms with E-state index in [4.69, 9.17) is 13.2 Å². The van der Waals surface area contributed by atoms with Crippen molar-refractivity contribution in [3.8, 4) is 0 Å². The Morgan fingerprint density at radius 2 is 0.962 bits per heavy atom. The van der Waals surface area contributed by atoms with Crippen molar-refractivity contribution in [2.24, 2.45) is 0 Å². The van der Waals surface area contributed by atoms with Crippen LogP contribution >= 0.6 is 18.8 Å². The van der Waals surface area contributed by atoms with E-state index in [0.717, 1.165) is 33.6 Å². The van der Waals surface area contributed by atoms with Crippen LogP contribution in [-0.4, -0.2) is 14.1 Å². The molecule has 0 radical (unpaired) electrons. The van der Waals surface area contributed by atoms with E-state index in [1.54, 1.807) is 51.6 Å². The number of rotatable bonds is 4. The van der Waals surface area contributed by atoms with Gasteiger partial charge in [-0.2, -0.15) is 11.1 Å². The van der Waals surface area contributed by atoms with Crippen LogP contribution in [0.5, 0.6) is 0 Å². The van der Waals surface area contributed by atoms with E-state index >= 15 is 0 Å². The topological polar surface area (TPSA) is 28.2 Å². The molecular weight excluding hydrogens is 729 g/mol. The van der Waals surface area contributed by atoms with Crippen molar-refractivity contribution < 1.29 is 37.5 Å². The van der Waals surface area contributed by atoms with Crippen LogP contribution in [0.3, 0.4) is 0 Å². The SMILES string of the molecule is [CH-]=C(C)c1ccccc1[N-]C.[CH-]=C(C)c1ccccc1[N-]C.[Cl][Pt].[Cl][Pt]. The molecule has 2 aromatic rings. The van der Waals surface area contributed by atoms with Gasteiger partial charge in [0.1, 0.15) is 0 Å². The number of halogens is 2. The molecule has 0 aromatic heterocycles. The second-order valence-electron chi connectivity index (χ2n) is 4.85. The van der Waals surface area contributed by atoms with Gasteiger partial charge in [0.2, 0.25) is 0 Å². The summed E-state index contributed by atoms with van der Waals surface area (Å²) in [6.45, 7) is 15.1. The van der Waals surface area contributed by atoms with Gasteiger partial charge in [0.25, 0.3) is 0 Å². The Labute approximate surface area is 189 Å². The van der Waals surface area contributed by atoms with E-state index in [2.05, 4.69) is 29.5 Å². The quantitative estimate of drug-likeness (QED) is 0.287. The monoisotopic (exact) mass is 750 g/mol. The average Bonchev–Trinajstić information content (AvgIpc) is 2.71. The van der Waals surface area contributed by atoms with Gasteiger partial charge in [0.05, 0.1) is 0 Å². The summed E-state index contributed by atoms with van der Waals surface area (Å²) in [6, 6.07) is 15.7. The molecule has 0 aliphatic rings. The van der Waals surface area contributed by atoms with E-state index < -0.39 is 0 Å². The van der Waals surface area contributed by atoms with Crippen molar-refractivity contribution >= 4 is 41.4 Å². The second-order valence-corrected chi connectivity index (χ2v) is 4.85. The molecule has 0 heterocycles. The van der Waals surface area contributed by atoms with Crippen LogP contribution in [0.25, 0.3) is 21.8 Å². The predicted octanol–water partition coefficient (Wildman–Crippen LogP) is 7.69. The van der Waals surface area contributed by atoms with Crippen LogP contribution in [0.2, 0.25) is 0 Å². The Kier molecular flexibility index (Phi) is 19.0. The minimum absolute atomic E-state index is 0.811. The molecule has 0 bridgehead atoms. The van der Waals surface area contributed by atoms with Crippen LogP contribution in [-0.2, 0) is 37.5 Å². The Hall–Kier alpha value is -0.523. The van der Waals surface area contributed by atoms with Gasteiger partial charge in [-0.05, 0) is 0 Å². The van der Waals surface area contributed by atoms with Crippen molar-refractivity contribution in [1.29, 1.82) is 0 Å². The van der Waals surface area contributed by atoms with Crippen LogP contribution in [0, 0.1) is 13.2 Å². The van der Waals surface area contributed by atoms with Gasteiger partial charge in [-0.1, -0.05) is 50.2 Å². The van der Waals surface area contributed by atoms with E-state index in [1.165, 1.54) is 0 Å². The predicted molar refractivity (Wildman–Crippen MR) is 109 cm³/mol. The summed E-state index contributed by atoms with van der Waals surface area (Å²) in [4.78, 5) is 0. The zero-order valence-electron chi connectivity index (χ0n) is 15.1. The number of hydrogen-bond donors (Lipinski definition) is 0. The van der Waals surface area contributed by atoms with Crippen molar-refractivity contribution in [3.05, 3.63) is 83.4 Å². The average molecular weight is 751 g/mol. The van der Waals surface area contributed by atoms with Gasteiger partial charge in [0, 0.05) is 0 Å². The molecule has 0 aliphatic heterocycles. The third-order valence-electron chi connectivity index (χ3n) is 3.14. The first-order chi connectivity index (χ1) is 12.5. The molecule has 0 spiro atoms. The fraction of sp³-hybridized carbons (Fsp3) is 0.200. The van der Waals surface area contributed by atoms with Crippen LogP contribution in [0.4, 0.5) is 11.4 Å². The normalized spacial score (nSPS) is 8.38. The van der Waals surface area contributed by atoms with Gasteiger partial charge in [-0.3, -0.25) is 13.2 Å². The summed E-state index contributed by atoms with van der Waals surface area (Å²) in [6.07, 6.45) is 0. The first-order valence-electron chi connectivity index (χ1n) is 7.31. The Balaban J connectivity index is 0. The number of nitrogens with zero attached hydrogens (tertiary/aromatic N) is 2.